The standard InChI is InChI=1S/C9H18ClNO2/c1-8(7-12)6-11-9(13)4-2-3-5-10/h8,12H,2-7H2,1H3,(H,11,13). The number of unbranched alkanes of at least 4 members (excludes halogenated alkanes) is 1. The van der Waals surface area contributed by atoms with Gasteiger partial charge in [-0.1, -0.05) is 6.92 Å². The molecule has 1 atom stereocenters. The number of hydrogen-bond acceptors (Lipinski definition) is 2. The first-order valence-corrected chi connectivity index (χ1v) is 5.17. The first-order valence-electron chi connectivity index (χ1n) is 4.64. The van der Waals surface area contributed by atoms with Gasteiger partial charge in [0.15, 0.2) is 0 Å². The van der Waals surface area contributed by atoms with Crippen LogP contribution in [-0.4, -0.2) is 30.0 Å². The number of halogens is 1. The van der Waals surface area contributed by atoms with Crippen molar-refractivity contribution in [3.05, 3.63) is 0 Å². The molecular weight excluding hydrogens is 190 g/mol. The topological polar surface area (TPSA) is 49.3 Å². The fourth-order valence-electron chi connectivity index (χ4n) is 0.821. The minimum atomic E-state index is 0.0467. The third-order valence-corrected chi connectivity index (χ3v) is 2.01. The van der Waals surface area contributed by atoms with Gasteiger partial charge in [0.05, 0.1) is 0 Å². The Hall–Kier alpha value is -0.280. The molecule has 78 valence electrons. The summed E-state index contributed by atoms with van der Waals surface area (Å²) in [4.78, 5) is 11.1. The third-order valence-electron chi connectivity index (χ3n) is 1.75. The molecule has 0 bridgehead atoms. The predicted octanol–water partition coefficient (Wildman–Crippen LogP) is 1.14. The van der Waals surface area contributed by atoms with Gasteiger partial charge in [-0.3, -0.25) is 4.79 Å². The molecule has 0 rings (SSSR count). The highest BCUT2D eigenvalue weighted by atomic mass is 35.5. The Morgan fingerprint density at radius 2 is 2.23 bits per heavy atom. The van der Waals surface area contributed by atoms with Gasteiger partial charge in [0, 0.05) is 25.5 Å². The van der Waals surface area contributed by atoms with E-state index in [4.69, 9.17) is 16.7 Å². The van der Waals surface area contributed by atoms with Crippen LogP contribution in [0.25, 0.3) is 0 Å². The maximum Gasteiger partial charge on any atom is 0.220 e. The fraction of sp³-hybridized carbons (Fsp3) is 0.889. The summed E-state index contributed by atoms with van der Waals surface area (Å²) in [7, 11) is 0. The van der Waals surface area contributed by atoms with E-state index in [0.717, 1.165) is 12.8 Å². The largest absolute Gasteiger partial charge is 0.396 e. The average Bonchev–Trinajstić information content (AvgIpc) is 2.14. The van der Waals surface area contributed by atoms with Gasteiger partial charge in [-0.05, 0) is 18.8 Å². The Labute approximate surface area is 84.5 Å². The van der Waals surface area contributed by atoms with Gasteiger partial charge in [0.25, 0.3) is 0 Å². The van der Waals surface area contributed by atoms with Gasteiger partial charge in [-0.15, -0.1) is 11.6 Å². The number of carbonyl (C=O) groups excluding carboxylic acids is 1. The van der Waals surface area contributed by atoms with Gasteiger partial charge in [-0.2, -0.15) is 0 Å². The average molecular weight is 208 g/mol. The van der Waals surface area contributed by atoms with Crippen LogP contribution in [0, 0.1) is 5.92 Å². The normalized spacial score (nSPS) is 12.5. The summed E-state index contributed by atoms with van der Waals surface area (Å²) in [6.45, 7) is 2.55. The second-order valence-electron chi connectivity index (χ2n) is 3.24. The molecule has 0 aromatic heterocycles. The van der Waals surface area contributed by atoms with Gasteiger partial charge >= 0.3 is 0 Å². The number of nitrogens with one attached hydrogen (secondary N) is 1. The van der Waals surface area contributed by atoms with Crippen LogP contribution in [-0.2, 0) is 4.79 Å². The monoisotopic (exact) mass is 207 g/mol. The molecule has 0 aliphatic heterocycles. The van der Waals surface area contributed by atoms with Crippen LogP contribution < -0.4 is 5.32 Å². The fourth-order valence-corrected chi connectivity index (χ4v) is 1.01. The summed E-state index contributed by atoms with van der Waals surface area (Å²) in [5.74, 6) is 0.794. The zero-order valence-electron chi connectivity index (χ0n) is 8.05. The lowest BCUT2D eigenvalue weighted by atomic mass is 10.2. The number of amides is 1. The van der Waals surface area contributed by atoms with E-state index >= 15 is 0 Å². The predicted molar refractivity (Wildman–Crippen MR) is 53.8 cm³/mol. The maximum atomic E-state index is 11.1. The minimum absolute atomic E-state index is 0.0467. The van der Waals surface area contributed by atoms with Crippen molar-refractivity contribution in [3.63, 3.8) is 0 Å². The van der Waals surface area contributed by atoms with E-state index in [2.05, 4.69) is 5.32 Å². The lowest BCUT2D eigenvalue weighted by molar-refractivity contribution is -0.121. The summed E-state index contributed by atoms with van der Waals surface area (Å²) in [5.41, 5.74) is 0. The van der Waals surface area contributed by atoms with Crippen molar-refractivity contribution in [2.24, 2.45) is 5.92 Å². The highest BCUT2D eigenvalue weighted by Crippen LogP contribution is 1.97. The SMILES string of the molecule is CC(CO)CNC(=O)CCCCCl. The van der Waals surface area contributed by atoms with Gasteiger partial charge in [-0.25, -0.2) is 0 Å². The molecule has 0 saturated carbocycles. The first kappa shape index (κ1) is 12.7. The van der Waals surface area contributed by atoms with Gasteiger partial charge < -0.3 is 10.4 Å². The van der Waals surface area contributed by atoms with E-state index < -0.39 is 0 Å². The van der Waals surface area contributed by atoms with E-state index in [1.165, 1.54) is 0 Å². The smallest absolute Gasteiger partial charge is 0.220 e. The van der Waals surface area contributed by atoms with Crippen molar-refractivity contribution >= 4 is 17.5 Å². The van der Waals surface area contributed by atoms with Crippen LogP contribution in [0.1, 0.15) is 26.2 Å². The molecule has 0 radical (unpaired) electrons. The van der Waals surface area contributed by atoms with Gasteiger partial charge in [0.1, 0.15) is 0 Å². The summed E-state index contributed by atoms with van der Waals surface area (Å²) in [6.07, 6.45) is 2.25. The van der Waals surface area contributed by atoms with E-state index in [1.54, 1.807) is 0 Å². The van der Waals surface area contributed by atoms with Crippen LogP contribution in [0.5, 0.6) is 0 Å². The van der Waals surface area contributed by atoms with Gasteiger partial charge in [0.2, 0.25) is 5.91 Å². The third kappa shape index (κ3) is 8.06. The van der Waals surface area contributed by atoms with Crippen molar-refractivity contribution in [1.82, 2.24) is 5.32 Å². The molecule has 4 heteroatoms. The Kier molecular flexibility index (Phi) is 8.14. The molecule has 2 N–H and O–H groups in total. The number of hydrogen-bond donors (Lipinski definition) is 2. The molecule has 0 aromatic rings. The molecule has 1 amide bonds. The highest BCUT2D eigenvalue weighted by molar-refractivity contribution is 6.17. The van der Waals surface area contributed by atoms with Crippen molar-refractivity contribution in [3.8, 4) is 0 Å². The Morgan fingerprint density at radius 3 is 2.77 bits per heavy atom. The molecule has 0 aliphatic carbocycles. The second kappa shape index (κ2) is 8.32. The zero-order chi connectivity index (χ0) is 10.1. The van der Waals surface area contributed by atoms with Crippen LogP contribution in [0.15, 0.2) is 0 Å². The Bertz CT molecular complexity index is 142. The molecule has 0 fully saturated rings. The molecule has 0 saturated heterocycles. The zero-order valence-corrected chi connectivity index (χ0v) is 8.81. The Morgan fingerprint density at radius 1 is 1.54 bits per heavy atom. The number of alkyl halides is 1. The minimum Gasteiger partial charge on any atom is -0.396 e. The Balaban J connectivity index is 3.30. The van der Waals surface area contributed by atoms with Crippen LogP contribution in [0.2, 0.25) is 0 Å². The molecule has 0 aliphatic rings. The number of aliphatic hydroxyl groups is 1. The quantitative estimate of drug-likeness (QED) is 0.486. The van der Waals surface area contributed by atoms with Crippen LogP contribution in [0.4, 0.5) is 0 Å². The summed E-state index contributed by atoms with van der Waals surface area (Å²) in [6, 6.07) is 0. The molecule has 1 unspecified atom stereocenters. The molecular formula is C9H18ClNO2. The van der Waals surface area contributed by atoms with E-state index in [-0.39, 0.29) is 18.4 Å². The lowest BCUT2D eigenvalue weighted by Crippen LogP contribution is -2.29. The summed E-state index contributed by atoms with van der Waals surface area (Å²) in [5, 5.41) is 11.4. The number of carbonyl (C=O) groups is 1. The molecule has 13 heavy (non-hydrogen) atoms. The van der Waals surface area contributed by atoms with Crippen molar-refractivity contribution in [2.75, 3.05) is 19.0 Å². The van der Waals surface area contributed by atoms with Crippen molar-refractivity contribution in [2.45, 2.75) is 26.2 Å². The molecule has 0 aromatic carbocycles. The molecule has 0 spiro atoms. The van der Waals surface area contributed by atoms with Crippen LogP contribution in [0.3, 0.4) is 0 Å². The second-order valence-corrected chi connectivity index (χ2v) is 3.62. The lowest BCUT2D eigenvalue weighted by Gasteiger charge is -2.08. The summed E-state index contributed by atoms with van der Waals surface area (Å²) >= 11 is 5.47. The van der Waals surface area contributed by atoms with E-state index in [0.29, 0.717) is 18.8 Å². The van der Waals surface area contributed by atoms with E-state index in [9.17, 15) is 4.79 Å². The molecule has 3 nitrogen and oxygen atoms in total. The van der Waals surface area contributed by atoms with E-state index in [1.807, 2.05) is 6.92 Å². The first-order chi connectivity index (χ1) is 6.20. The maximum absolute atomic E-state index is 11.1. The van der Waals surface area contributed by atoms with Crippen molar-refractivity contribution < 1.29 is 9.90 Å². The number of aliphatic hydroxyl groups excluding tert-OH is 1. The molecule has 0 heterocycles. The highest BCUT2D eigenvalue weighted by Gasteiger charge is 2.03. The number of rotatable bonds is 7. The van der Waals surface area contributed by atoms with Crippen LogP contribution >= 0.6 is 11.6 Å². The van der Waals surface area contributed by atoms with Crippen molar-refractivity contribution in [1.29, 1.82) is 0 Å². The summed E-state index contributed by atoms with van der Waals surface area (Å²) < 4.78 is 0.